The molecule has 0 bridgehead atoms. The fourth-order valence-corrected chi connectivity index (χ4v) is 2.71. The second-order valence-electron chi connectivity index (χ2n) is 5.66. The quantitative estimate of drug-likeness (QED) is 0.911. The molecule has 0 aromatic carbocycles. The molecule has 1 aliphatic rings. The molecule has 0 aliphatic carbocycles. The summed E-state index contributed by atoms with van der Waals surface area (Å²) in [4.78, 5) is 22.7. The molecule has 1 fully saturated rings. The zero-order valence-corrected chi connectivity index (χ0v) is 13.3. The Bertz CT molecular complexity index is 664. The van der Waals surface area contributed by atoms with Gasteiger partial charge in [-0.15, -0.1) is 0 Å². The average Bonchev–Trinajstić information content (AvgIpc) is 3.02. The highest BCUT2D eigenvalue weighted by Gasteiger charge is 2.17. The van der Waals surface area contributed by atoms with E-state index in [1.165, 1.54) is 6.42 Å². The highest BCUT2D eigenvalue weighted by Crippen LogP contribution is 2.24. The van der Waals surface area contributed by atoms with E-state index < -0.39 is 0 Å². The summed E-state index contributed by atoms with van der Waals surface area (Å²) in [5.41, 5.74) is 0.749. The third-order valence-electron chi connectivity index (χ3n) is 3.91. The van der Waals surface area contributed by atoms with Crippen LogP contribution in [0.5, 0.6) is 0 Å². The maximum absolute atomic E-state index is 12.2. The van der Waals surface area contributed by atoms with Crippen LogP contribution in [0.3, 0.4) is 0 Å². The van der Waals surface area contributed by atoms with Crippen molar-refractivity contribution in [1.29, 1.82) is 0 Å². The third kappa shape index (κ3) is 3.85. The van der Waals surface area contributed by atoms with Crippen LogP contribution in [-0.2, 0) is 4.79 Å². The molecule has 0 spiro atoms. The van der Waals surface area contributed by atoms with Crippen LogP contribution in [0.25, 0.3) is 11.5 Å². The first-order valence-electron chi connectivity index (χ1n) is 8.01. The zero-order chi connectivity index (χ0) is 16.1. The van der Waals surface area contributed by atoms with Crippen molar-refractivity contribution in [2.75, 3.05) is 25.0 Å². The molecule has 7 nitrogen and oxygen atoms in total. The molecule has 23 heavy (non-hydrogen) atoms. The van der Waals surface area contributed by atoms with Gasteiger partial charge in [-0.1, -0.05) is 5.16 Å². The number of carbonyl (C=O) groups excluding carboxylic acids is 1. The molecule has 2 aromatic rings. The Labute approximate surface area is 135 Å². The molecule has 122 valence electrons. The van der Waals surface area contributed by atoms with Crippen molar-refractivity contribution in [2.45, 2.75) is 32.6 Å². The Hall–Kier alpha value is -2.44. The lowest BCUT2D eigenvalue weighted by molar-refractivity contribution is -0.131. The molecule has 1 saturated heterocycles. The number of hydrogen-bond acceptors (Lipinski definition) is 6. The SMILES string of the molecule is Cc1noc(-c2cccnc2NCCC(=O)N2CCCCC2)n1. The van der Waals surface area contributed by atoms with Gasteiger partial charge in [-0.3, -0.25) is 4.79 Å². The van der Waals surface area contributed by atoms with Crippen LogP contribution in [0, 0.1) is 6.92 Å². The van der Waals surface area contributed by atoms with E-state index in [2.05, 4.69) is 20.4 Å². The summed E-state index contributed by atoms with van der Waals surface area (Å²) in [6.45, 7) is 4.07. The van der Waals surface area contributed by atoms with Gasteiger partial charge in [0, 0.05) is 32.3 Å². The maximum atomic E-state index is 12.2. The van der Waals surface area contributed by atoms with E-state index in [1.54, 1.807) is 13.1 Å². The minimum Gasteiger partial charge on any atom is -0.369 e. The summed E-state index contributed by atoms with van der Waals surface area (Å²) in [5.74, 6) is 1.86. The van der Waals surface area contributed by atoms with Gasteiger partial charge in [-0.25, -0.2) is 4.98 Å². The number of hydrogen-bond donors (Lipinski definition) is 1. The topological polar surface area (TPSA) is 84.2 Å². The van der Waals surface area contributed by atoms with Gasteiger partial charge in [0.05, 0.1) is 5.56 Å². The number of pyridine rings is 1. The van der Waals surface area contributed by atoms with Crippen molar-refractivity contribution in [3.63, 3.8) is 0 Å². The summed E-state index contributed by atoms with van der Waals surface area (Å²) in [5, 5.41) is 7.01. The van der Waals surface area contributed by atoms with Gasteiger partial charge in [-0.2, -0.15) is 4.98 Å². The van der Waals surface area contributed by atoms with Crippen LogP contribution in [0.4, 0.5) is 5.82 Å². The second-order valence-corrected chi connectivity index (χ2v) is 5.66. The second kappa shape index (κ2) is 7.21. The van der Waals surface area contributed by atoms with Crippen LogP contribution in [-0.4, -0.2) is 45.6 Å². The minimum absolute atomic E-state index is 0.198. The molecular weight excluding hydrogens is 294 g/mol. The van der Waals surface area contributed by atoms with Crippen molar-refractivity contribution >= 4 is 11.7 Å². The summed E-state index contributed by atoms with van der Waals surface area (Å²) >= 11 is 0. The number of nitrogens with one attached hydrogen (secondary N) is 1. The Kier molecular flexibility index (Phi) is 4.85. The first-order chi connectivity index (χ1) is 11.2. The first kappa shape index (κ1) is 15.5. The lowest BCUT2D eigenvalue weighted by Gasteiger charge is -2.26. The predicted molar refractivity (Wildman–Crippen MR) is 85.8 cm³/mol. The Balaban J connectivity index is 1.59. The van der Waals surface area contributed by atoms with E-state index in [4.69, 9.17) is 4.52 Å². The number of likely N-dealkylation sites (tertiary alicyclic amines) is 1. The van der Waals surface area contributed by atoms with E-state index in [1.807, 2.05) is 17.0 Å². The lowest BCUT2D eigenvalue weighted by atomic mass is 10.1. The molecular formula is C16H21N5O2. The average molecular weight is 315 g/mol. The van der Waals surface area contributed by atoms with Gasteiger partial charge < -0.3 is 14.7 Å². The van der Waals surface area contributed by atoms with Gasteiger partial charge in [0.1, 0.15) is 5.82 Å². The van der Waals surface area contributed by atoms with Crippen LogP contribution < -0.4 is 5.32 Å². The molecule has 7 heteroatoms. The zero-order valence-electron chi connectivity index (χ0n) is 13.3. The maximum Gasteiger partial charge on any atom is 0.261 e. The van der Waals surface area contributed by atoms with E-state index in [-0.39, 0.29) is 5.91 Å². The number of aryl methyl sites for hydroxylation is 1. The molecule has 1 amide bonds. The number of amides is 1. The highest BCUT2D eigenvalue weighted by molar-refractivity contribution is 5.77. The van der Waals surface area contributed by atoms with Gasteiger partial charge in [0.15, 0.2) is 5.82 Å². The van der Waals surface area contributed by atoms with Gasteiger partial charge in [-0.05, 0) is 38.3 Å². The van der Waals surface area contributed by atoms with E-state index in [0.717, 1.165) is 31.5 Å². The predicted octanol–water partition coefficient (Wildman–Crippen LogP) is 2.25. The first-order valence-corrected chi connectivity index (χ1v) is 8.01. The number of anilines is 1. The minimum atomic E-state index is 0.198. The fourth-order valence-electron chi connectivity index (χ4n) is 2.71. The summed E-state index contributed by atoms with van der Waals surface area (Å²) in [6.07, 6.45) is 5.60. The van der Waals surface area contributed by atoms with Crippen molar-refractivity contribution < 1.29 is 9.32 Å². The smallest absolute Gasteiger partial charge is 0.261 e. The monoisotopic (exact) mass is 315 g/mol. The molecule has 2 aromatic heterocycles. The summed E-state index contributed by atoms with van der Waals surface area (Å²) in [7, 11) is 0. The number of carbonyl (C=O) groups is 1. The molecule has 0 atom stereocenters. The van der Waals surface area contributed by atoms with Crippen LogP contribution >= 0.6 is 0 Å². The fraction of sp³-hybridized carbons (Fsp3) is 0.500. The molecule has 0 saturated carbocycles. The largest absolute Gasteiger partial charge is 0.369 e. The van der Waals surface area contributed by atoms with Crippen molar-refractivity contribution in [1.82, 2.24) is 20.0 Å². The van der Waals surface area contributed by atoms with E-state index in [9.17, 15) is 4.79 Å². The van der Waals surface area contributed by atoms with Crippen LogP contribution in [0.2, 0.25) is 0 Å². The molecule has 1 N–H and O–H groups in total. The molecule has 0 unspecified atom stereocenters. The van der Waals surface area contributed by atoms with Crippen molar-refractivity contribution in [3.8, 4) is 11.5 Å². The van der Waals surface area contributed by atoms with Gasteiger partial charge >= 0.3 is 0 Å². The van der Waals surface area contributed by atoms with Gasteiger partial charge in [0.25, 0.3) is 5.89 Å². The molecule has 3 rings (SSSR count). The van der Waals surface area contributed by atoms with Crippen LogP contribution in [0.1, 0.15) is 31.5 Å². The lowest BCUT2D eigenvalue weighted by Crippen LogP contribution is -2.36. The van der Waals surface area contributed by atoms with Gasteiger partial charge in [0.2, 0.25) is 5.91 Å². The summed E-state index contributed by atoms with van der Waals surface area (Å²) in [6, 6.07) is 3.69. The Morgan fingerprint density at radius 3 is 2.91 bits per heavy atom. The number of aromatic nitrogens is 3. The molecule has 0 radical (unpaired) electrons. The van der Waals surface area contributed by atoms with E-state index >= 15 is 0 Å². The van der Waals surface area contributed by atoms with Crippen molar-refractivity contribution in [2.24, 2.45) is 0 Å². The standard InChI is InChI=1S/C16H21N5O2/c1-12-19-16(23-20-12)13-6-5-8-17-15(13)18-9-7-14(22)21-10-3-2-4-11-21/h5-6,8H,2-4,7,9-11H2,1H3,(H,17,18). The molecule has 1 aliphatic heterocycles. The van der Waals surface area contributed by atoms with Crippen molar-refractivity contribution in [3.05, 3.63) is 24.2 Å². The Morgan fingerprint density at radius 2 is 2.17 bits per heavy atom. The van der Waals surface area contributed by atoms with Crippen LogP contribution in [0.15, 0.2) is 22.9 Å². The number of rotatable bonds is 5. The molecule has 3 heterocycles. The van der Waals surface area contributed by atoms with E-state index in [0.29, 0.717) is 30.5 Å². The highest BCUT2D eigenvalue weighted by atomic mass is 16.5. The summed E-state index contributed by atoms with van der Waals surface area (Å²) < 4.78 is 5.20. The number of piperidine rings is 1. The Morgan fingerprint density at radius 1 is 1.35 bits per heavy atom. The number of nitrogens with zero attached hydrogens (tertiary/aromatic N) is 4. The normalized spacial score (nSPS) is 14.7. The third-order valence-corrected chi connectivity index (χ3v) is 3.91.